The Morgan fingerprint density at radius 2 is 2.12 bits per heavy atom. The van der Waals surface area contributed by atoms with Crippen LogP contribution in [0, 0.1) is 11.8 Å². The normalized spacial score (nSPS) is 36.8. The molecule has 2 atom stereocenters. The SMILES string of the molecule is C1CC2CSC(=NCC3CCOCC3)NC2C1. The van der Waals surface area contributed by atoms with Gasteiger partial charge >= 0.3 is 0 Å². The van der Waals surface area contributed by atoms with Gasteiger partial charge in [0.15, 0.2) is 5.17 Å². The van der Waals surface area contributed by atoms with Gasteiger partial charge in [-0.2, -0.15) is 0 Å². The van der Waals surface area contributed by atoms with Crippen molar-refractivity contribution in [2.45, 2.75) is 38.1 Å². The fourth-order valence-corrected chi connectivity index (χ4v) is 4.22. The van der Waals surface area contributed by atoms with E-state index >= 15 is 0 Å². The highest BCUT2D eigenvalue weighted by Gasteiger charge is 2.32. The zero-order valence-electron chi connectivity index (χ0n) is 10.4. The van der Waals surface area contributed by atoms with E-state index in [1.807, 2.05) is 11.8 Å². The molecule has 1 N–H and O–H groups in total. The summed E-state index contributed by atoms with van der Waals surface area (Å²) in [6.07, 6.45) is 6.54. The topological polar surface area (TPSA) is 33.6 Å². The molecular weight excluding hydrogens is 232 g/mol. The van der Waals surface area contributed by atoms with Crippen molar-refractivity contribution in [2.24, 2.45) is 16.8 Å². The minimum atomic E-state index is 0.727. The molecule has 96 valence electrons. The lowest BCUT2D eigenvalue weighted by Gasteiger charge is -2.28. The number of hydrogen-bond acceptors (Lipinski definition) is 3. The highest BCUT2D eigenvalue weighted by Crippen LogP contribution is 2.32. The summed E-state index contributed by atoms with van der Waals surface area (Å²) < 4.78 is 5.38. The van der Waals surface area contributed by atoms with Crippen molar-refractivity contribution >= 4 is 16.9 Å². The lowest BCUT2D eigenvalue weighted by molar-refractivity contribution is 0.0689. The lowest BCUT2D eigenvalue weighted by atomic mass is 10.0. The van der Waals surface area contributed by atoms with Crippen molar-refractivity contribution in [2.75, 3.05) is 25.5 Å². The third-order valence-electron chi connectivity index (χ3n) is 4.24. The Morgan fingerprint density at radius 1 is 1.24 bits per heavy atom. The predicted octanol–water partition coefficient (Wildman–Crippen LogP) is 2.27. The van der Waals surface area contributed by atoms with E-state index in [-0.39, 0.29) is 0 Å². The van der Waals surface area contributed by atoms with Crippen LogP contribution in [0.25, 0.3) is 0 Å². The molecule has 0 aromatic carbocycles. The average molecular weight is 254 g/mol. The Bertz CT molecular complexity index is 289. The van der Waals surface area contributed by atoms with Gasteiger partial charge in [-0.15, -0.1) is 0 Å². The Balaban J connectivity index is 1.50. The molecule has 3 aliphatic rings. The summed E-state index contributed by atoms with van der Waals surface area (Å²) in [5.41, 5.74) is 0. The zero-order valence-corrected chi connectivity index (χ0v) is 11.2. The number of nitrogens with one attached hydrogen (secondary N) is 1. The first-order valence-electron chi connectivity index (χ1n) is 6.93. The minimum Gasteiger partial charge on any atom is -0.381 e. The zero-order chi connectivity index (χ0) is 11.5. The van der Waals surface area contributed by atoms with E-state index in [9.17, 15) is 0 Å². The molecule has 1 aliphatic carbocycles. The van der Waals surface area contributed by atoms with Crippen molar-refractivity contribution in [1.82, 2.24) is 5.32 Å². The third-order valence-corrected chi connectivity index (χ3v) is 5.35. The quantitative estimate of drug-likeness (QED) is 0.821. The molecule has 2 heterocycles. The van der Waals surface area contributed by atoms with Gasteiger partial charge in [0.25, 0.3) is 0 Å². The van der Waals surface area contributed by atoms with Crippen LogP contribution in [0.5, 0.6) is 0 Å². The van der Waals surface area contributed by atoms with E-state index in [0.717, 1.165) is 37.6 Å². The Kier molecular flexibility index (Phi) is 3.91. The number of nitrogens with zero attached hydrogens (tertiary/aromatic N) is 1. The molecule has 2 aliphatic heterocycles. The van der Waals surface area contributed by atoms with E-state index in [1.54, 1.807) is 0 Å². The van der Waals surface area contributed by atoms with Gasteiger partial charge < -0.3 is 10.1 Å². The van der Waals surface area contributed by atoms with Crippen molar-refractivity contribution < 1.29 is 4.74 Å². The summed E-state index contributed by atoms with van der Waals surface area (Å²) in [7, 11) is 0. The number of rotatable bonds is 2. The summed E-state index contributed by atoms with van der Waals surface area (Å²) in [5.74, 6) is 2.94. The smallest absolute Gasteiger partial charge is 0.156 e. The van der Waals surface area contributed by atoms with Gasteiger partial charge in [0, 0.05) is 31.6 Å². The second-order valence-corrected chi connectivity index (χ2v) is 6.46. The average Bonchev–Trinajstić information content (AvgIpc) is 2.85. The minimum absolute atomic E-state index is 0.727. The van der Waals surface area contributed by atoms with Crippen LogP contribution in [0.4, 0.5) is 0 Å². The van der Waals surface area contributed by atoms with Gasteiger partial charge in [0.05, 0.1) is 0 Å². The molecular formula is C13H22N2OS. The van der Waals surface area contributed by atoms with Crippen LogP contribution in [-0.4, -0.2) is 36.7 Å². The number of thioether (sulfide) groups is 1. The van der Waals surface area contributed by atoms with E-state index in [0.29, 0.717) is 0 Å². The van der Waals surface area contributed by atoms with Crippen molar-refractivity contribution in [3.8, 4) is 0 Å². The number of fused-ring (bicyclic) bond motifs is 1. The molecule has 0 bridgehead atoms. The molecule has 2 unspecified atom stereocenters. The molecule has 2 saturated heterocycles. The number of amidine groups is 1. The Labute approximate surface area is 108 Å². The van der Waals surface area contributed by atoms with E-state index in [1.165, 1.54) is 43.0 Å². The van der Waals surface area contributed by atoms with Crippen LogP contribution in [-0.2, 0) is 4.74 Å². The second kappa shape index (κ2) is 5.61. The molecule has 4 heteroatoms. The summed E-state index contributed by atoms with van der Waals surface area (Å²) in [6.45, 7) is 2.86. The lowest BCUT2D eigenvalue weighted by Crippen LogP contribution is -2.41. The molecule has 3 fully saturated rings. The highest BCUT2D eigenvalue weighted by molar-refractivity contribution is 8.13. The summed E-state index contributed by atoms with van der Waals surface area (Å²) in [4.78, 5) is 4.78. The molecule has 3 nitrogen and oxygen atoms in total. The van der Waals surface area contributed by atoms with Gasteiger partial charge in [0.1, 0.15) is 0 Å². The molecule has 0 radical (unpaired) electrons. The van der Waals surface area contributed by atoms with Crippen LogP contribution in [0.15, 0.2) is 4.99 Å². The molecule has 0 spiro atoms. The summed E-state index contributed by atoms with van der Waals surface area (Å²) in [5, 5.41) is 4.84. The van der Waals surface area contributed by atoms with Crippen LogP contribution < -0.4 is 5.32 Å². The van der Waals surface area contributed by atoms with Crippen LogP contribution in [0.1, 0.15) is 32.1 Å². The maximum atomic E-state index is 5.38. The monoisotopic (exact) mass is 254 g/mol. The van der Waals surface area contributed by atoms with Crippen molar-refractivity contribution in [1.29, 1.82) is 0 Å². The van der Waals surface area contributed by atoms with Gasteiger partial charge in [-0.25, -0.2) is 0 Å². The van der Waals surface area contributed by atoms with Gasteiger partial charge in [0.2, 0.25) is 0 Å². The Morgan fingerprint density at radius 3 is 3.00 bits per heavy atom. The molecule has 3 rings (SSSR count). The number of aliphatic imine (C=N–C) groups is 1. The van der Waals surface area contributed by atoms with E-state index in [4.69, 9.17) is 9.73 Å². The first kappa shape index (κ1) is 11.8. The third kappa shape index (κ3) is 2.97. The largest absolute Gasteiger partial charge is 0.381 e. The maximum absolute atomic E-state index is 5.38. The fourth-order valence-electron chi connectivity index (χ4n) is 3.04. The summed E-state index contributed by atoms with van der Waals surface area (Å²) in [6, 6.07) is 0.727. The second-order valence-electron chi connectivity index (χ2n) is 5.45. The highest BCUT2D eigenvalue weighted by atomic mass is 32.2. The predicted molar refractivity (Wildman–Crippen MR) is 72.6 cm³/mol. The maximum Gasteiger partial charge on any atom is 0.156 e. The van der Waals surface area contributed by atoms with Crippen LogP contribution in [0.2, 0.25) is 0 Å². The van der Waals surface area contributed by atoms with E-state index < -0.39 is 0 Å². The first-order chi connectivity index (χ1) is 8.42. The van der Waals surface area contributed by atoms with Crippen molar-refractivity contribution in [3.05, 3.63) is 0 Å². The molecule has 0 aromatic heterocycles. The van der Waals surface area contributed by atoms with Gasteiger partial charge in [-0.05, 0) is 37.5 Å². The van der Waals surface area contributed by atoms with Crippen LogP contribution in [0.3, 0.4) is 0 Å². The number of ether oxygens (including phenoxy) is 1. The summed E-state index contributed by atoms with van der Waals surface area (Å²) >= 11 is 1.94. The van der Waals surface area contributed by atoms with Gasteiger partial charge in [-0.3, -0.25) is 4.99 Å². The van der Waals surface area contributed by atoms with Crippen LogP contribution >= 0.6 is 11.8 Å². The fraction of sp³-hybridized carbons (Fsp3) is 0.923. The standard InChI is InChI=1S/C13H22N2OS/c1-2-11-9-17-13(15-12(11)3-1)14-8-10-4-6-16-7-5-10/h10-12H,1-9H2,(H,14,15). The van der Waals surface area contributed by atoms with E-state index in [2.05, 4.69) is 5.32 Å². The van der Waals surface area contributed by atoms with Gasteiger partial charge in [-0.1, -0.05) is 18.2 Å². The Hall–Kier alpha value is -0.220. The van der Waals surface area contributed by atoms with Crippen molar-refractivity contribution in [3.63, 3.8) is 0 Å². The number of hydrogen-bond donors (Lipinski definition) is 1. The molecule has 0 aromatic rings. The molecule has 0 amide bonds. The molecule has 17 heavy (non-hydrogen) atoms. The molecule has 1 saturated carbocycles. The first-order valence-corrected chi connectivity index (χ1v) is 7.92.